The largest absolute Gasteiger partial charge is 0.480 e. The van der Waals surface area contributed by atoms with Crippen LogP contribution in [0.1, 0.15) is 19.3 Å². The Morgan fingerprint density at radius 1 is 1.38 bits per heavy atom. The number of carbonyl (C=O) groups excluding carboxylic acids is 2. The zero-order valence-corrected chi connectivity index (χ0v) is 12.6. The predicted octanol–water partition coefficient (Wildman–Crippen LogP) is -0.528. The lowest BCUT2D eigenvalue weighted by atomic mass is 10.1. The zero-order chi connectivity index (χ0) is 15.6. The van der Waals surface area contributed by atoms with E-state index in [1.54, 1.807) is 4.90 Å². The van der Waals surface area contributed by atoms with Gasteiger partial charge in [0.15, 0.2) is 0 Å². The van der Waals surface area contributed by atoms with E-state index < -0.39 is 12.0 Å². The third-order valence-electron chi connectivity index (χ3n) is 4.20. The van der Waals surface area contributed by atoms with Gasteiger partial charge in [-0.1, -0.05) is 0 Å². The molecule has 2 rings (SSSR count). The van der Waals surface area contributed by atoms with Crippen LogP contribution in [0.5, 0.6) is 0 Å². The minimum absolute atomic E-state index is 0.0127. The van der Waals surface area contributed by atoms with Gasteiger partial charge in [0.25, 0.3) is 0 Å². The van der Waals surface area contributed by atoms with Gasteiger partial charge < -0.3 is 19.8 Å². The van der Waals surface area contributed by atoms with Gasteiger partial charge in [-0.05, 0) is 26.9 Å². The van der Waals surface area contributed by atoms with Gasteiger partial charge in [-0.2, -0.15) is 0 Å². The molecular formula is C14H23N3O4. The Kier molecular flexibility index (Phi) is 4.82. The van der Waals surface area contributed by atoms with E-state index in [2.05, 4.69) is 0 Å². The van der Waals surface area contributed by atoms with Crippen molar-refractivity contribution in [1.29, 1.82) is 0 Å². The molecule has 0 spiro atoms. The summed E-state index contributed by atoms with van der Waals surface area (Å²) in [7, 11) is 3.87. The Labute approximate surface area is 124 Å². The van der Waals surface area contributed by atoms with Crippen LogP contribution in [0.15, 0.2) is 0 Å². The highest BCUT2D eigenvalue weighted by Crippen LogP contribution is 2.25. The fraction of sp³-hybridized carbons (Fsp3) is 0.786. The minimum Gasteiger partial charge on any atom is -0.480 e. The second-order valence-corrected chi connectivity index (χ2v) is 6.07. The molecule has 0 aromatic rings. The summed E-state index contributed by atoms with van der Waals surface area (Å²) in [6.45, 7) is 2.26. The third kappa shape index (κ3) is 3.53. The van der Waals surface area contributed by atoms with Gasteiger partial charge in [0.2, 0.25) is 11.8 Å². The van der Waals surface area contributed by atoms with Gasteiger partial charge in [-0.25, -0.2) is 4.79 Å². The lowest BCUT2D eigenvalue weighted by molar-refractivity contribution is -0.149. The molecule has 2 atom stereocenters. The van der Waals surface area contributed by atoms with E-state index in [0.29, 0.717) is 32.5 Å². The van der Waals surface area contributed by atoms with Gasteiger partial charge in [0.1, 0.15) is 6.04 Å². The van der Waals surface area contributed by atoms with Gasteiger partial charge >= 0.3 is 5.97 Å². The third-order valence-corrected chi connectivity index (χ3v) is 4.20. The molecule has 118 valence electrons. The summed E-state index contributed by atoms with van der Waals surface area (Å²) in [5.74, 6) is -1.53. The zero-order valence-electron chi connectivity index (χ0n) is 12.6. The number of carboxylic acids is 1. The lowest BCUT2D eigenvalue weighted by Crippen LogP contribution is -2.44. The van der Waals surface area contributed by atoms with Crippen molar-refractivity contribution in [1.82, 2.24) is 14.7 Å². The number of amides is 2. The molecule has 1 N–H and O–H groups in total. The molecule has 2 fully saturated rings. The second-order valence-electron chi connectivity index (χ2n) is 6.07. The summed E-state index contributed by atoms with van der Waals surface area (Å²) in [6, 6.07) is -0.719. The first-order chi connectivity index (χ1) is 9.90. The maximum absolute atomic E-state index is 12.5. The van der Waals surface area contributed by atoms with Crippen molar-refractivity contribution in [3.05, 3.63) is 0 Å². The maximum Gasteiger partial charge on any atom is 0.326 e. The first-order valence-electron chi connectivity index (χ1n) is 7.36. The summed E-state index contributed by atoms with van der Waals surface area (Å²) in [4.78, 5) is 40.7. The standard InChI is InChI=1S/C14H23N3O4/c1-15(2)6-7-16-9-10(8-12(16)18)13(19)17-5-3-4-11(17)14(20)21/h10-11H,3-9H2,1-2H3,(H,20,21). The molecule has 2 saturated heterocycles. The van der Waals surface area contributed by atoms with Gasteiger partial charge in [-0.15, -0.1) is 0 Å². The van der Waals surface area contributed by atoms with E-state index in [1.807, 2.05) is 19.0 Å². The van der Waals surface area contributed by atoms with E-state index >= 15 is 0 Å². The Bertz CT molecular complexity index is 438. The number of aliphatic carboxylic acids is 1. The van der Waals surface area contributed by atoms with E-state index in [1.165, 1.54) is 4.90 Å². The highest BCUT2D eigenvalue weighted by atomic mass is 16.4. The normalized spacial score (nSPS) is 26.0. The first kappa shape index (κ1) is 15.8. The fourth-order valence-electron chi connectivity index (χ4n) is 3.00. The van der Waals surface area contributed by atoms with Crippen molar-refractivity contribution in [2.45, 2.75) is 25.3 Å². The average molecular weight is 297 g/mol. The van der Waals surface area contributed by atoms with Crippen LogP contribution < -0.4 is 0 Å². The molecule has 0 radical (unpaired) electrons. The van der Waals surface area contributed by atoms with Crippen LogP contribution >= 0.6 is 0 Å². The minimum atomic E-state index is -0.949. The van der Waals surface area contributed by atoms with Gasteiger partial charge in [0, 0.05) is 32.6 Å². The van der Waals surface area contributed by atoms with Crippen molar-refractivity contribution >= 4 is 17.8 Å². The highest BCUT2D eigenvalue weighted by Gasteiger charge is 2.41. The van der Waals surface area contributed by atoms with Gasteiger partial charge in [0.05, 0.1) is 5.92 Å². The number of hydrogen-bond acceptors (Lipinski definition) is 4. The molecule has 21 heavy (non-hydrogen) atoms. The maximum atomic E-state index is 12.5. The molecule has 0 aliphatic carbocycles. The van der Waals surface area contributed by atoms with Crippen molar-refractivity contribution in [2.75, 3.05) is 40.3 Å². The molecule has 0 aromatic heterocycles. The molecule has 7 nitrogen and oxygen atoms in total. The predicted molar refractivity (Wildman–Crippen MR) is 75.6 cm³/mol. The quantitative estimate of drug-likeness (QED) is 0.738. The second kappa shape index (κ2) is 6.43. The van der Waals surface area contributed by atoms with Crippen molar-refractivity contribution in [3.63, 3.8) is 0 Å². The van der Waals surface area contributed by atoms with Crippen LogP contribution in [0.25, 0.3) is 0 Å². The molecular weight excluding hydrogens is 274 g/mol. The average Bonchev–Trinajstić information content (AvgIpc) is 3.02. The smallest absolute Gasteiger partial charge is 0.326 e. The Hall–Kier alpha value is -1.63. The number of likely N-dealkylation sites (N-methyl/N-ethyl adjacent to an activating group) is 1. The highest BCUT2D eigenvalue weighted by molar-refractivity contribution is 5.91. The molecule has 0 saturated carbocycles. The molecule has 2 amide bonds. The SMILES string of the molecule is CN(C)CCN1CC(C(=O)N2CCCC2C(=O)O)CC1=O. The number of nitrogens with zero attached hydrogens (tertiary/aromatic N) is 3. The molecule has 2 aliphatic rings. The summed E-state index contributed by atoms with van der Waals surface area (Å²) in [6.07, 6.45) is 1.43. The van der Waals surface area contributed by atoms with E-state index in [0.717, 1.165) is 6.54 Å². The summed E-state index contributed by atoms with van der Waals surface area (Å²) < 4.78 is 0. The Balaban J connectivity index is 1.95. The molecule has 7 heteroatoms. The van der Waals surface area contributed by atoms with Crippen LogP contribution in [0.2, 0.25) is 0 Å². The van der Waals surface area contributed by atoms with Crippen molar-refractivity contribution in [2.24, 2.45) is 5.92 Å². The molecule has 2 unspecified atom stereocenters. The van der Waals surface area contributed by atoms with Crippen LogP contribution in [0.4, 0.5) is 0 Å². The first-order valence-corrected chi connectivity index (χ1v) is 7.36. The van der Waals surface area contributed by atoms with Crippen LogP contribution in [0.3, 0.4) is 0 Å². The summed E-state index contributed by atoms with van der Waals surface area (Å²) >= 11 is 0. The molecule has 0 aromatic carbocycles. The van der Waals surface area contributed by atoms with Crippen molar-refractivity contribution in [3.8, 4) is 0 Å². The topological polar surface area (TPSA) is 81.2 Å². The summed E-state index contributed by atoms with van der Waals surface area (Å²) in [5, 5.41) is 9.15. The van der Waals surface area contributed by atoms with E-state index in [4.69, 9.17) is 5.11 Å². The van der Waals surface area contributed by atoms with Gasteiger partial charge in [-0.3, -0.25) is 9.59 Å². The molecule has 2 aliphatic heterocycles. The van der Waals surface area contributed by atoms with Crippen molar-refractivity contribution < 1.29 is 19.5 Å². The number of rotatable bonds is 5. The van der Waals surface area contributed by atoms with Crippen LogP contribution in [0, 0.1) is 5.92 Å². The number of likely N-dealkylation sites (tertiary alicyclic amines) is 2. The van der Waals surface area contributed by atoms with E-state index in [-0.39, 0.29) is 24.2 Å². The summed E-state index contributed by atoms with van der Waals surface area (Å²) in [5.41, 5.74) is 0. The monoisotopic (exact) mass is 297 g/mol. The van der Waals surface area contributed by atoms with Crippen LogP contribution in [-0.4, -0.2) is 83.9 Å². The lowest BCUT2D eigenvalue weighted by Gasteiger charge is -2.25. The molecule has 0 bridgehead atoms. The fourth-order valence-corrected chi connectivity index (χ4v) is 3.00. The number of carbonyl (C=O) groups is 3. The molecule has 2 heterocycles. The number of carboxylic acid groups (broad SMARTS) is 1. The Morgan fingerprint density at radius 3 is 2.71 bits per heavy atom. The van der Waals surface area contributed by atoms with E-state index in [9.17, 15) is 14.4 Å². The number of hydrogen-bond donors (Lipinski definition) is 1. The Morgan fingerprint density at radius 2 is 2.10 bits per heavy atom. The van der Waals surface area contributed by atoms with Crippen LogP contribution in [-0.2, 0) is 14.4 Å².